The molecule has 4 heteroatoms. The molecule has 0 saturated carbocycles. The highest BCUT2D eigenvalue weighted by molar-refractivity contribution is 5.77. The van der Waals surface area contributed by atoms with E-state index in [2.05, 4.69) is 21.0 Å². The van der Waals surface area contributed by atoms with Crippen molar-refractivity contribution in [1.82, 2.24) is 19.9 Å². The molecule has 0 radical (unpaired) electrons. The summed E-state index contributed by atoms with van der Waals surface area (Å²) in [5, 5.41) is 0. The zero-order valence-electron chi connectivity index (χ0n) is 10.6. The quantitative estimate of drug-likeness (QED) is 0.722. The molecule has 1 aromatic heterocycles. The Labute approximate surface area is 111 Å². The van der Waals surface area contributed by atoms with Crippen LogP contribution in [0.5, 0.6) is 0 Å². The Balaban J connectivity index is 1.86. The third kappa shape index (κ3) is 1.71. The van der Waals surface area contributed by atoms with Gasteiger partial charge in [0.25, 0.3) is 0 Å². The predicted molar refractivity (Wildman–Crippen MR) is 72.9 cm³/mol. The van der Waals surface area contributed by atoms with E-state index in [9.17, 15) is 0 Å². The summed E-state index contributed by atoms with van der Waals surface area (Å²) in [6.07, 6.45) is 8.34. The Hall–Kier alpha value is -2.23. The largest absolute Gasteiger partial charge is 0.346 e. The SMILES string of the molecule is c1cc2[nH]cnc(-c3ncc4c(n3)CCCC4)c-2c1. The van der Waals surface area contributed by atoms with Gasteiger partial charge in [0.2, 0.25) is 0 Å². The van der Waals surface area contributed by atoms with Gasteiger partial charge in [0.05, 0.1) is 6.33 Å². The summed E-state index contributed by atoms with van der Waals surface area (Å²) >= 11 is 0. The molecule has 0 saturated heterocycles. The second-order valence-electron chi connectivity index (χ2n) is 4.98. The topological polar surface area (TPSA) is 54.5 Å². The molecular formula is C15H14N4. The van der Waals surface area contributed by atoms with Gasteiger partial charge in [-0.2, -0.15) is 0 Å². The van der Waals surface area contributed by atoms with Crippen LogP contribution in [0.4, 0.5) is 0 Å². The summed E-state index contributed by atoms with van der Waals surface area (Å²) < 4.78 is 0. The number of fused-ring (bicyclic) bond motifs is 2. The summed E-state index contributed by atoms with van der Waals surface area (Å²) in [6, 6.07) is 6.11. The molecule has 4 nitrogen and oxygen atoms in total. The number of H-pyrrole nitrogens is 1. The molecule has 0 spiro atoms. The first kappa shape index (κ1) is 10.7. The zero-order chi connectivity index (χ0) is 12.7. The van der Waals surface area contributed by atoms with E-state index in [-0.39, 0.29) is 0 Å². The average molecular weight is 250 g/mol. The predicted octanol–water partition coefficient (Wildman–Crippen LogP) is 2.85. The van der Waals surface area contributed by atoms with E-state index in [0.29, 0.717) is 0 Å². The van der Waals surface area contributed by atoms with Crippen molar-refractivity contribution in [2.45, 2.75) is 25.7 Å². The van der Waals surface area contributed by atoms with Crippen LogP contribution in [0.2, 0.25) is 0 Å². The fourth-order valence-electron chi connectivity index (χ4n) is 2.76. The van der Waals surface area contributed by atoms with Gasteiger partial charge in [-0.05, 0) is 37.3 Å². The second-order valence-corrected chi connectivity index (χ2v) is 4.98. The van der Waals surface area contributed by atoms with E-state index >= 15 is 0 Å². The summed E-state index contributed by atoms with van der Waals surface area (Å²) in [5.74, 6) is 0.742. The molecule has 94 valence electrons. The van der Waals surface area contributed by atoms with Crippen molar-refractivity contribution in [1.29, 1.82) is 0 Å². The van der Waals surface area contributed by atoms with Crippen LogP contribution in [-0.2, 0) is 12.8 Å². The van der Waals surface area contributed by atoms with Crippen LogP contribution < -0.4 is 0 Å². The lowest BCUT2D eigenvalue weighted by molar-refractivity contribution is 0.663. The van der Waals surface area contributed by atoms with Gasteiger partial charge in [0, 0.05) is 23.1 Å². The van der Waals surface area contributed by atoms with E-state index in [1.807, 2.05) is 18.3 Å². The maximum atomic E-state index is 4.73. The average Bonchev–Trinajstić information content (AvgIpc) is 2.95. The van der Waals surface area contributed by atoms with Gasteiger partial charge >= 0.3 is 0 Å². The van der Waals surface area contributed by atoms with Crippen LogP contribution in [0.25, 0.3) is 22.8 Å². The Morgan fingerprint density at radius 1 is 1.05 bits per heavy atom. The Kier molecular flexibility index (Phi) is 2.33. The number of hydrogen-bond donors (Lipinski definition) is 1. The Morgan fingerprint density at radius 2 is 2.00 bits per heavy atom. The molecule has 0 fully saturated rings. The molecule has 19 heavy (non-hydrogen) atoms. The first-order valence-corrected chi connectivity index (χ1v) is 6.69. The van der Waals surface area contributed by atoms with Gasteiger partial charge in [-0.25, -0.2) is 15.0 Å². The lowest BCUT2D eigenvalue weighted by Crippen LogP contribution is -2.08. The van der Waals surface area contributed by atoms with Gasteiger partial charge in [0.1, 0.15) is 5.69 Å². The van der Waals surface area contributed by atoms with Crippen LogP contribution in [0.15, 0.2) is 30.7 Å². The number of aromatic amines is 1. The van der Waals surface area contributed by atoms with E-state index < -0.39 is 0 Å². The molecule has 4 rings (SSSR count). The molecule has 0 bridgehead atoms. The third-order valence-electron chi connectivity index (χ3n) is 3.76. The van der Waals surface area contributed by atoms with Gasteiger partial charge in [-0.1, -0.05) is 12.1 Å². The van der Waals surface area contributed by atoms with Crippen LogP contribution in [-0.4, -0.2) is 19.9 Å². The fourth-order valence-corrected chi connectivity index (χ4v) is 2.76. The zero-order valence-corrected chi connectivity index (χ0v) is 10.6. The van der Waals surface area contributed by atoms with Crippen molar-refractivity contribution in [3.63, 3.8) is 0 Å². The van der Waals surface area contributed by atoms with E-state index in [1.165, 1.54) is 24.1 Å². The lowest BCUT2D eigenvalue weighted by Gasteiger charge is -2.15. The summed E-state index contributed by atoms with van der Waals surface area (Å²) in [6.45, 7) is 0. The maximum absolute atomic E-state index is 4.73. The van der Waals surface area contributed by atoms with Gasteiger partial charge in [-0.3, -0.25) is 0 Å². The minimum atomic E-state index is 0.742. The highest BCUT2D eigenvalue weighted by Gasteiger charge is 2.17. The maximum Gasteiger partial charge on any atom is 0.179 e. The normalized spacial score (nSPS) is 14.5. The van der Waals surface area contributed by atoms with Crippen LogP contribution in [0.3, 0.4) is 0 Å². The van der Waals surface area contributed by atoms with E-state index in [1.54, 1.807) is 6.33 Å². The summed E-state index contributed by atoms with van der Waals surface area (Å²) in [5.41, 5.74) is 5.53. The van der Waals surface area contributed by atoms with Crippen molar-refractivity contribution in [3.8, 4) is 22.8 Å². The molecule has 0 atom stereocenters. The van der Waals surface area contributed by atoms with Crippen LogP contribution >= 0.6 is 0 Å². The highest BCUT2D eigenvalue weighted by Crippen LogP contribution is 2.29. The molecular weight excluding hydrogens is 236 g/mol. The number of hydrogen-bond acceptors (Lipinski definition) is 3. The molecule has 3 aliphatic rings. The molecule has 1 aromatic rings. The van der Waals surface area contributed by atoms with Crippen LogP contribution in [0, 0.1) is 0 Å². The molecule has 2 aliphatic carbocycles. The van der Waals surface area contributed by atoms with Crippen molar-refractivity contribution in [2.24, 2.45) is 0 Å². The molecule has 1 N–H and O–H groups in total. The van der Waals surface area contributed by atoms with Crippen molar-refractivity contribution in [2.75, 3.05) is 0 Å². The molecule has 0 amide bonds. The van der Waals surface area contributed by atoms with Crippen molar-refractivity contribution in [3.05, 3.63) is 42.0 Å². The van der Waals surface area contributed by atoms with Gasteiger partial charge in [0.15, 0.2) is 5.82 Å². The molecule has 0 aromatic carbocycles. The number of nitrogens with zero attached hydrogens (tertiary/aromatic N) is 3. The second kappa shape index (κ2) is 4.16. The monoisotopic (exact) mass is 250 g/mol. The van der Waals surface area contributed by atoms with Crippen molar-refractivity contribution >= 4 is 0 Å². The standard InChI is InChI=1S/C15H14N4/c1-2-6-12-10(4-1)8-16-15(19-12)14-11-5-3-7-13(11)17-9-18-14/h3,5,7-9H,1-2,4,6H2,(H,17,18). The van der Waals surface area contributed by atoms with E-state index in [0.717, 1.165) is 35.6 Å². The first-order valence-electron chi connectivity index (χ1n) is 6.69. The van der Waals surface area contributed by atoms with Gasteiger partial charge < -0.3 is 4.98 Å². The number of aryl methyl sites for hydroxylation is 2. The smallest absolute Gasteiger partial charge is 0.179 e. The molecule has 0 unspecified atom stereocenters. The van der Waals surface area contributed by atoms with Gasteiger partial charge in [-0.15, -0.1) is 0 Å². The number of aromatic nitrogens is 4. The Morgan fingerprint density at radius 3 is 3.00 bits per heavy atom. The molecule has 1 aliphatic heterocycles. The fraction of sp³-hybridized carbons (Fsp3) is 0.267. The first-order chi connectivity index (χ1) is 9.42. The number of nitrogens with one attached hydrogen (secondary N) is 1. The minimum absolute atomic E-state index is 0.742. The Bertz CT molecular complexity index is 701. The summed E-state index contributed by atoms with van der Waals surface area (Å²) in [7, 11) is 0. The minimum Gasteiger partial charge on any atom is -0.346 e. The highest BCUT2D eigenvalue weighted by atomic mass is 14.9. The third-order valence-corrected chi connectivity index (χ3v) is 3.76. The summed E-state index contributed by atoms with van der Waals surface area (Å²) in [4.78, 5) is 16.8. The number of rotatable bonds is 1. The lowest BCUT2D eigenvalue weighted by atomic mass is 9.97. The van der Waals surface area contributed by atoms with Crippen molar-refractivity contribution < 1.29 is 0 Å². The van der Waals surface area contributed by atoms with E-state index in [4.69, 9.17) is 4.98 Å². The van der Waals surface area contributed by atoms with Crippen LogP contribution in [0.1, 0.15) is 24.1 Å². The molecule has 2 heterocycles.